The first-order valence-electron chi connectivity index (χ1n) is 14.9. The number of carbonyl (C=O) groups excluding carboxylic acids is 7. The van der Waals surface area contributed by atoms with E-state index < -0.39 is 24.0 Å². The van der Waals surface area contributed by atoms with Crippen LogP contribution in [0, 0.1) is 11.8 Å². The van der Waals surface area contributed by atoms with Crippen molar-refractivity contribution < 1.29 is 43.0 Å². The average molecular weight is 611 g/mol. The molecule has 1 aliphatic heterocycles. The lowest BCUT2D eigenvalue weighted by atomic mass is 9.99. The summed E-state index contributed by atoms with van der Waals surface area (Å²) in [5.74, 6) is -1.92. The summed E-state index contributed by atoms with van der Waals surface area (Å²) in [5.41, 5.74) is 5.07. The molecule has 2 fully saturated rings. The molecule has 0 aromatic carbocycles. The van der Waals surface area contributed by atoms with Crippen molar-refractivity contribution in [2.75, 3.05) is 46.1 Å². The number of likely N-dealkylation sites (tertiary alicyclic amines) is 1. The number of Topliss-reactive ketones (excluding diaryl/α,β-unsaturated/α-hetero) is 1. The van der Waals surface area contributed by atoms with Gasteiger partial charge in [0.05, 0.1) is 32.5 Å². The molecule has 15 heteroatoms. The molecule has 0 aromatic heterocycles. The standard InChI is InChI=1S/C28H46N6O9/c1-18(2)25(27(40)32-20(26(39)19-5-6-19)4-3-11-31-28(29)41)33-22(36)10-14-42-16-17-43-15-12-30-21(35)9-13-34-23(37)7-8-24(34)38/h18-20,25H,3-17H2,1-2H3,(H,30,35)(H,32,40)(H,33,36)(H3,29,31,41)/t20-,25-/m0/s1. The van der Waals surface area contributed by atoms with E-state index in [-0.39, 0.29) is 106 Å². The van der Waals surface area contributed by atoms with E-state index in [9.17, 15) is 33.6 Å². The third-order valence-corrected chi connectivity index (χ3v) is 7.01. The lowest BCUT2D eigenvalue weighted by Gasteiger charge is -2.25. The topological polar surface area (TPSA) is 215 Å². The van der Waals surface area contributed by atoms with E-state index in [1.54, 1.807) is 13.8 Å². The number of carbonyl (C=O) groups is 7. The molecule has 1 saturated carbocycles. The molecule has 242 valence electrons. The third kappa shape index (κ3) is 14.0. The van der Waals surface area contributed by atoms with Gasteiger partial charge in [0.2, 0.25) is 29.5 Å². The minimum Gasteiger partial charge on any atom is -0.379 e. The maximum absolute atomic E-state index is 13.0. The SMILES string of the molecule is CC(C)[C@H](NC(=O)CCOCCOCCNC(=O)CCN1C(=O)CCC1=O)C(=O)N[C@@H](CCCNC(N)=O)C(=O)C1CC1. The largest absolute Gasteiger partial charge is 0.379 e. The fourth-order valence-electron chi connectivity index (χ4n) is 4.42. The predicted molar refractivity (Wildman–Crippen MR) is 153 cm³/mol. The van der Waals surface area contributed by atoms with Crippen LogP contribution in [0.3, 0.4) is 0 Å². The van der Waals surface area contributed by atoms with Crippen molar-refractivity contribution in [3.05, 3.63) is 0 Å². The van der Waals surface area contributed by atoms with Crippen molar-refractivity contribution >= 4 is 41.4 Å². The van der Waals surface area contributed by atoms with E-state index in [0.717, 1.165) is 17.7 Å². The Kier molecular flexibility index (Phi) is 15.6. The highest BCUT2D eigenvalue weighted by atomic mass is 16.5. The highest BCUT2D eigenvalue weighted by molar-refractivity contribution is 6.02. The van der Waals surface area contributed by atoms with Gasteiger partial charge < -0.3 is 36.5 Å². The summed E-state index contributed by atoms with van der Waals surface area (Å²) in [7, 11) is 0. The van der Waals surface area contributed by atoms with Crippen molar-refractivity contribution in [3.63, 3.8) is 0 Å². The van der Waals surface area contributed by atoms with Crippen LogP contribution in [0.15, 0.2) is 0 Å². The molecule has 2 aliphatic rings. The van der Waals surface area contributed by atoms with Gasteiger partial charge in [-0.1, -0.05) is 13.8 Å². The van der Waals surface area contributed by atoms with E-state index in [2.05, 4.69) is 21.3 Å². The van der Waals surface area contributed by atoms with E-state index in [1.165, 1.54) is 0 Å². The first-order chi connectivity index (χ1) is 20.5. The second-order valence-electron chi connectivity index (χ2n) is 11.0. The molecule has 0 radical (unpaired) electrons. The molecule has 2 rings (SSSR count). The molecule has 2 atom stereocenters. The fraction of sp³-hybridized carbons (Fsp3) is 0.750. The summed E-state index contributed by atoms with van der Waals surface area (Å²) < 4.78 is 10.8. The molecule has 0 spiro atoms. The summed E-state index contributed by atoms with van der Waals surface area (Å²) in [5, 5.41) is 10.6. The maximum atomic E-state index is 13.0. The summed E-state index contributed by atoms with van der Waals surface area (Å²) in [4.78, 5) is 85.2. The summed E-state index contributed by atoms with van der Waals surface area (Å²) in [6.07, 6.45) is 2.86. The number of amides is 7. The van der Waals surface area contributed by atoms with Gasteiger partial charge in [0.1, 0.15) is 6.04 Å². The third-order valence-electron chi connectivity index (χ3n) is 7.01. The number of nitrogens with one attached hydrogen (secondary N) is 4. The first-order valence-corrected chi connectivity index (χ1v) is 14.9. The number of hydrogen-bond donors (Lipinski definition) is 5. The van der Waals surface area contributed by atoms with Crippen molar-refractivity contribution in [2.24, 2.45) is 17.6 Å². The highest BCUT2D eigenvalue weighted by Gasteiger charge is 2.36. The quantitative estimate of drug-likeness (QED) is 0.0759. The molecule has 7 amide bonds. The van der Waals surface area contributed by atoms with Crippen LogP contribution < -0.4 is 27.0 Å². The van der Waals surface area contributed by atoms with Crippen molar-refractivity contribution in [1.29, 1.82) is 0 Å². The second kappa shape index (κ2) is 18.8. The number of nitrogens with zero attached hydrogens (tertiary/aromatic N) is 1. The van der Waals surface area contributed by atoms with Crippen molar-refractivity contribution in [1.82, 2.24) is 26.2 Å². The van der Waals surface area contributed by atoms with Gasteiger partial charge in [-0.3, -0.25) is 33.7 Å². The van der Waals surface area contributed by atoms with Gasteiger partial charge in [0.25, 0.3) is 0 Å². The summed E-state index contributed by atoms with van der Waals surface area (Å²) in [6, 6.07) is -2.18. The molecular formula is C28H46N6O9. The number of primary amides is 1. The summed E-state index contributed by atoms with van der Waals surface area (Å²) >= 11 is 0. The zero-order valence-electron chi connectivity index (χ0n) is 25.1. The maximum Gasteiger partial charge on any atom is 0.312 e. The number of ketones is 1. The van der Waals surface area contributed by atoms with Gasteiger partial charge in [-0.15, -0.1) is 0 Å². The smallest absolute Gasteiger partial charge is 0.312 e. The van der Waals surface area contributed by atoms with Gasteiger partial charge >= 0.3 is 6.03 Å². The number of rotatable bonds is 22. The van der Waals surface area contributed by atoms with E-state index in [0.29, 0.717) is 19.4 Å². The van der Waals surface area contributed by atoms with Crippen LogP contribution in [-0.2, 0) is 38.2 Å². The van der Waals surface area contributed by atoms with Crippen LogP contribution >= 0.6 is 0 Å². The van der Waals surface area contributed by atoms with Crippen LogP contribution in [0.25, 0.3) is 0 Å². The predicted octanol–water partition coefficient (Wildman–Crippen LogP) is -0.882. The Bertz CT molecular complexity index is 985. The molecule has 0 aromatic rings. The van der Waals surface area contributed by atoms with Crippen LogP contribution in [0.2, 0.25) is 0 Å². The fourth-order valence-corrected chi connectivity index (χ4v) is 4.42. The molecule has 15 nitrogen and oxygen atoms in total. The van der Waals surface area contributed by atoms with Gasteiger partial charge in [0.15, 0.2) is 5.78 Å². The Labute approximate surface area is 251 Å². The molecule has 6 N–H and O–H groups in total. The van der Waals surface area contributed by atoms with Crippen LogP contribution in [0.1, 0.15) is 65.2 Å². The van der Waals surface area contributed by atoms with Gasteiger partial charge in [-0.05, 0) is 31.6 Å². The van der Waals surface area contributed by atoms with Crippen LogP contribution in [0.5, 0.6) is 0 Å². The van der Waals surface area contributed by atoms with E-state index in [4.69, 9.17) is 15.2 Å². The Hall–Kier alpha value is -3.59. The molecule has 1 heterocycles. The Morgan fingerprint density at radius 1 is 0.860 bits per heavy atom. The highest BCUT2D eigenvalue weighted by Crippen LogP contribution is 2.31. The number of urea groups is 1. The minimum absolute atomic E-state index is 0.0256. The molecule has 0 unspecified atom stereocenters. The Morgan fingerprint density at radius 2 is 1.51 bits per heavy atom. The number of ether oxygens (including phenoxy) is 2. The number of imide groups is 1. The van der Waals surface area contributed by atoms with Gasteiger partial charge in [-0.2, -0.15) is 0 Å². The Balaban J connectivity index is 1.58. The average Bonchev–Trinajstić information content (AvgIpc) is 3.75. The Morgan fingerprint density at radius 3 is 2.12 bits per heavy atom. The van der Waals surface area contributed by atoms with Crippen molar-refractivity contribution in [2.45, 2.75) is 77.3 Å². The molecule has 0 bridgehead atoms. The summed E-state index contributed by atoms with van der Waals surface area (Å²) in [6.45, 7) is 5.05. The van der Waals surface area contributed by atoms with E-state index in [1.807, 2.05) is 0 Å². The second-order valence-corrected chi connectivity index (χ2v) is 11.0. The monoisotopic (exact) mass is 610 g/mol. The minimum atomic E-state index is -0.833. The number of nitrogens with two attached hydrogens (primary N) is 1. The lowest BCUT2D eigenvalue weighted by molar-refractivity contribution is -0.138. The van der Waals surface area contributed by atoms with Crippen LogP contribution in [0.4, 0.5) is 4.79 Å². The van der Waals surface area contributed by atoms with Crippen molar-refractivity contribution in [3.8, 4) is 0 Å². The zero-order valence-corrected chi connectivity index (χ0v) is 25.1. The van der Waals surface area contributed by atoms with Gasteiger partial charge in [-0.25, -0.2) is 4.79 Å². The van der Waals surface area contributed by atoms with E-state index >= 15 is 0 Å². The number of hydrogen-bond acceptors (Lipinski definition) is 9. The zero-order chi connectivity index (χ0) is 31.8. The molecule has 1 aliphatic carbocycles. The van der Waals surface area contributed by atoms with Gasteiger partial charge in [0, 0.05) is 51.2 Å². The first kappa shape index (κ1) is 35.6. The normalized spacial score (nSPS) is 16.1. The lowest BCUT2D eigenvalue weighted by Crippen LogP contribution is -2.54. The molecule has 43 heavy (non-hydrogen) atoms. The molecular weight excluding hydrogens is 564 g/mol. The molecule has 1 saturated heterocycles. The van der Waals surface area contributed by atoms with Crippen LogP contribution in [-0.4, -0.2) is 104 Å².